The van der Waals surface area contributed by atoms with Crippen LogP contribution >= 0.6 is 0 Å². The Morgan fingerprint density at radius 3 is 2.60 bits per heavy atom. The second-order valence-corrected chi connectivity index (χ2v) is 3.97. The first-order valence-corrected chi connectivity index (χ1v) is 5.92. The van der Waals surface area contributed by atoms with Crippen LogP contribution in [0.4, 0.5) is 4.39 Å². The summed E-state index contributed by atoms with van der Waals surface area (Å²) in [5, 5.41) is 3.04. The molecule has 0 saturated carbocycles. The number of aromatic nitrogens is 3. The smallest absolute Gasteiger partial charge is 0.240 e. The van der Waals surface area contributed by atoms with Crippen molar-refractivity contribution in [3.63, 3.8) is 0 Å². The standard InChI is InChI=1S/C13H15FN4O2/c1-15-11(8-4-9(14)6-16-5-8)12-13(20-3)18-10(19-2)7-17-12/h4-7,11,15H,1-3H3. The van der Waals surface area contributed by atoms with Gasteiger partial charge in [-0.15, -0.1) is 0 Å². The minimum absolute atomic E-state index is 0.313. The van der Waals surface area contributed by atoms with Crippen LogP contribution in [0.15, 0.2) is 24.7 Å². The van der Waals surface area contributed by atoms with Crippen molar-refractivity contribution in [2.75, 3.05) is 21.3 Å². The summed E-state index contributed by atoms with van der Waals surface area (Å²) in [5.41, 5.74) is 1.16. The first-order chi connectivity index (χ1) is 9.69. The van der Waals surface area contributed by atoms with E-state index in [0.29, 0.717) is 23.0 Å². The fourth-order valence-electron chi connectivity index (χ4n) is 1.86. The van der Waals surface area contributed by atoms with E-state index < -0.39 is 5.82 Å². The zero-order valence-corrected chi connectivity index (χ0v) is 11.4. The zero-order chi connectivity index (χ0) is 14.5. The highest BCUT2D eigenvalue weighted by molar-refractivity contribution is 5.33. The van der Waals surface area contributed by atoms with Crippen molar-refractivity contribution >= 4 is 0 Å². The number of ether oxygens (including phenoxy) is 2. The van der Waals surface area contributed by atoms with Gasteiger partial charge in [0.15, 0.2) is 0 Å². The Bertz CT molecular complexity index is 594. The lowest BCUT2D eigenvalue weighted by Gasteiger charge is -2.18. The molecule has 0 amide bonds. The Morgan fingerprint density at radius 2 is 2.00 bits per heavy atom. The topological polar surface area (TPSA) is 69.2 Å². The summed E-state index contributed by atoms with van der Waals surface area (Å²) in [6.07, 6.45) is 4.19. The molecule has 0 spiro atoms. The van der Waals surface area contributed by atoms with E-state index in [1.165, 1.54) is 26.5 Å². The van der Waals surface area contributed by atoms with E-state index in [1.807, 2.05) is 0 Å². The minimum atomic E-state index is -0.414. The molecule has 2 heterocycles. The molecule has 1 atom stereocenters. The van der Waals surface area contributed by atoms with E-state index in [1.54, 1.807) is 13.2 Å². The molecule has 6 nitrogen and oxygen atoms in total. The van der Waals surface area contributed by atoms with Crippen molar-refractivity contribution < 1.29 is 13.9 Å². The maximum atomic E-state index is 13.3. The molecule has 2 aromatic rings. The average molecular weight is 278 g/mol. The Balaban J connectivity index is 2.46. The number of hydrogen-bond donors (Lipinski definition) is 1. The molecule has 0 aromatic carbocycles. The van der Waals surface area contributed by atoms with Gasteiger partial charge in [-0.05, 0) is 18.7 Å². The number of halogens is 1. The molecule has 0 saturated heterocycles. The lowest BCUT2D eigenvalue weighted by Crippen LogP contribution is -2.20. The second kappa shape index (κ2) is 6.25. The molecular formula is C13H15FN4O2. The summed E-state index contributed by atoms with van der Waals surface area (Å²) in [6.45, 7) is 0. The lowest BCUT2D eigenvalue weighted by molar-refractivity contribution is 0.353. The van der Waals surface area contributed by atoms with Gasteiger partial charge in [-0.2, -0.15) is 4.98 Å². The highest BCUT2D eigenvalue weighted by atomic mass is 19.1. The van der Waals surface area contributed by atoms with Crippen molar-refractivity contribution in [1.82, 2.24) is 20.3 Å². The quantitative estimate of drug-likeness (QED) is 0.890. The van der Waals surface area contributed by atoms with Crippen LogP contribution in [0.3, 0.4) is 0 Å². The molecule has 20 heavy (non-hydrogen) atoms. The number of hydrogen-bond acceptors (Lipinski definition) is 6. The van der Waals surface area contributed by atoms with Crippen LogP contribution in [0.1, 0.15) is 17.3 Å². The van der Waals surface area contributed by atoms with E-state index in [-0.39, 0.29) is 6.04 Å². The predicted octanol–water partition coefficient (Wildman–Crippen LogP) is 1.34. The summed E-state index contributed by atoms with van der Waals surface area (Å²) in [6, 6.07) is 1.01. The van der Waals surface area contributed by atoms with E-state index in [9.17, 15) is 4.39 Å². The molecule has 106 valence electrons. The van der Waals surface area contributed by atoms with Gasteiger partial charge in [-0.1, -0.05) is 0 Å². The van der Waals surface area contributed by atoms with Crippen molar-refractivity contribution in [1.29, 1.82) is 0 Å². The summed E-state index contributed by atoms with van der Waals surface area (Å²) in [5.74, 6) is 0.244. The third-order valence-electron chi connectivity index (χ3n) is 2.77. The van der Waals surface area contributed by atoms with Crippen LogP contribution in [-0.4, -0.2) is 36.2 Å². The van der Waals surface area contributed by atoms with E-state index in [2.05, 4.69) is 20.3 Å². The SMILES string of the molecule is CNC(c1cncc(F)c1)c1ncc(OC)nc1OC. The molecule has 2 rings (SSSR count). The first kappa shape index (κ1) is 14.1. The highest BCUT2D eigenvalue weighted by Crippen LogP contribution is 2.27. The van der Waals surface area contributed by atoms with Crippen LogP contribution in [0.5, 0.6) is 11.8 Å². The normalized spacial score (nSPS) is 12.0. The number of methoxy groups -OCH3 is 2. The molecule has 1 N–H and O–H groups in total. The van der Waals surface area contributed by atoms with E-state index >= 15 is 0 Å². The Kier molecular flexibility index (Phi) is 4.41. The molecule has 2 aromatic heterocycles. The van der Waals surface area contributed by atoms with Crippen LogP contribution in [0.25, 0.3) is 0 Å². The van der Waals surface area contributed by atoms with Gasteiger partial charge in [0.2, 0.25) is 11.8 Å². The fourth-order valence-corrected chi connectivity index (χ4v) is 1.86. The molecule has 0 bridgehead atoms. The largest absolute Gasteiger partial charge is 0.480 e. The molecular weight excluding hydrogens is 263 g/mol. The Hall–Kier alpha value is -2.28. The molecule has 1 unspecified atom stereocenters. The van der Waals surface area contributed by atoms with Gasteiger partial charge >= 0.3 is 0 Å². The van der Waals surface area contributed by atoms with Crippen LogP contribution < -0.4 is 14.8 Å². The van der Waals surface area contributed by atoms with Crippen molar-refractivity contribution in [3.05, 3.63) is 41.7 Å². The number of nitrogens with zero attached hydrogens (tertiary/aromatic N) is 3. The fraction of sp³-hybridized carbons (Fsp3) is 0.308. The number of rotatable bonds is 5. The number of pyridine rings is 1. The van der Waals surface area contributed by atoms with Gasteiger partial charge in [0.1, 0.15) is 11.5 Å². The minimum Gasteiger partial charge on any atom is -0.480 e. The average Bonchev–Trinajstić information content (AvgIpc) is 2.48. The summed E-state index contributed by atoms with van der Waals surface area (Å²) < 4.78 is 23.5. The van der Waals surface area contributed by atoms with Crippen molar-refractivity contribution in [2.24, 2.45) is 0 Å². The van der Waals surface area contributed by atoms with Crippen LogP contribution in [0.2, 0.25) is 0 Å². The van der Waals surface area contributed by atoms with E-state index in [0.717, 1.165) is 6.20 Å². The molecule has 0 aliphatic carbocycles. The third-order valence-corrected chi connectivity index (χ3v) is 2.77. The highest BCUT2D eigenvalue weighted by Gasteiger charge is 2.21. The van der Waals surface area contributed by atoms with Crippen molar-refractivity contribution in [3.8, 4) is 11.8 Å². The van der Waals surface area contributed by atoms with Gasteiger partial charge in [0, 0.05) is 6.20 Å². The van der Waals surface area contributed by atoms with Crippen molar-refractivity contribution in [2.45, 2.75) is 6.04 Å². The molecule has 0 radical (unpaired) electrons. The second-order valence-electron chi connectivity index (χ2n) is 3.97. The van der Waals surface area contributed by atoms with E-state index in [4.69, 9.17) is 9.47 Å². The molecule has 7 heteroatoms. The predicted molar refractivity (Wildman–Crippen MR) is 70.2 cm³/mol. The zero-order valence-electron chi connectivity index (χ0n) is 11.4. The van der Waals surface area contributed by atoms with Gasteiger partial charge in [0.05, 0.1) is 32.7 Å². The Morgan fingerprint density at radius 1 is 1.20 bits per heavy atom. The van der Waals surface area contributed by atoms with Gasteiger partial charge < -0.3 is 14.8 Å². The van der Waals surface area contributed by atoms with Crippen LogP contribution in [-0.2, 0) is 0 Å². The lowest BCUT2D eigenvalue weighted by atomic mass is 10.1. The monoisotopic (exact) mass is 278 g/mol. The summed E-state index contributed by atoms with van der Waals surface area (Å²) >= 11 is 0. The first-order valence-electron chi connectivity index (χ1n) is 5.92. The van der Waals surface area contributed by atoms with Gasteiger partial charge in [-0.25, -0.2) is 9.37 Å². The third kappa shape index (κ3) is 2.83. The molecule has 0 aliphatic rings. The van der Waals surface area contributed by atoms with Gasteiger partial charge in [0.25, 0.3) is 0 Å². The Labute approximate surface area is 116 Å². The van der Waals surface area contributed by atoms with Gasteiger partial charge in [-0.3, -0.25) is 4.98 Å². The molecule has 0 fully saturated rings. The maximum absolute atomic E-state index is 13.3. The molecule has 0 aliphatic heterocycles. The summed E-state index contributed by atoms with van der Waals surface area (Å²) in [7, 11) is 4.72. The summed E-state index contributed by atoms with van der Waals surface area (Å²) in [4.78, 5) is 12.3. The van der Waals surface area contributed by atoms with Crippen LogP contribution in [0, 0.1) is 5.82 Å². The number of nitrogens with one attached hydrogen (secondary N) is 1. The maximum Gasteiger partial charge on any atom is 0.240 e.